The minimum absolute atomic E-state index is 0.0525. The number of sulfonamides is 1. The summed E-state index contributed by atoms with van der Waals surface area (Å²) < 4.78 is 37.3. The van der Waals surface area contributed by atoms with E-state index in [-0.39, 0.29) is 5.75 Å². The Hall–Kier alpha value is -1.14. The van der Waals surface area contributed by atoms with Crippen LogP contribution in [-0.2, 0) is 10.0 Å². The van der Waals surface area contributed by atoms with Crippen LogP contribution in [0.5, 0.6) is 11.5 Å². The van der Waals surface area contributed by atoms with Gasteiger partial charge in [-0.2, -0.15) is 0 Å². The van der Waals surface area contributed by atoms with Gasteiger partial charge >= 0.3 is 0 Å². The maximum Gasteiger partial charge on any atom is 0.232 e. The lowest BCUT2D eigenvalue weighted by molar-refractivity contribution is 0.288. The first-order valence-electron chi connectivity index (χ1n) is 6.98. The van der Waals surface area contributed by atoms with Gasteiger partial charge in [-0.1, -0.05) is 0 Å². The molecule has 0 amide bonds. The van der Waals surface area contributed by atoms with Crippen LogP contribution in [0.4, 0.5) is 5.69 Å². The Morgan fingerprint density at radius 3 is 2.38 bits per heavy atom. The van der Waals surface area contributed by atoms with Gasteiger partial charge in [-0.15, -0.1) is 11.6 Å². The van der Waals surface area contributed by atoms with Crippen LogP contribution in [0.15, 0.2) is 18.2 Å². The van der Waals surface area contributed by atoms with Crippen molar-refractivity contribution in [3.8, 4) is 11.5 Å². The molecule has 0 aromatic heterocycles. The Morgan fingerprint density at radius 1 is 1.10 bits per heavy atom. The van der Waals surface area contributed by atoms with E-state index in [1.165, 1.54) is 0 Å². The van der Waals surface area contributed by atoms with E-state index in [4.69, 9.17) is 21.1 Å². The van der Waals surface area contributed by atoms with E-state index in [1.54, 1.807) is 18.2 Å². The Kier molecular flexibility index (Phi) is 7.67. The van der Waals surface area contributed by atoms with E-state index >= 15 is 0 Å². The molecular weight excluding hydrogens is 314 g/mol. The zero-order valence-electron chi connectivity index (χ0n) is 12.4. The highest BCUT2D eigenvalue weighted by atomic mass is 35.5. The Labute approximate surface area is 131 Å². The summed E-state index contributed by atoms with van der Waals surface area (Å²) in [6.45, 7) is 4.73. The zero-order chi connectivity index (χ0) is 15.7. The molecule has 1 aromatic rings. The van der Waals surface area contributed by atoms with Crippen LogP contribution in [-0.4, -0.2) is 33.3 Å². The smallest absolute Gasteiger partial charge is 0.232 e. The number of nitrogens with one attached hydrogen (secondary N) is 1. The second kappa shape index (κ2) is 9.00. The van der Waals surface area contributed by atoms with Crippen LogP contribution < -0.4 is 14.2 Å². The molecule has 0 aliphatic carbocycles. The monoisotopic (exact) mass is 335 g/mol. The van der Waals surface area contributed by atoms with Crippen molar-refractivity contribution >= 4 is 27.3 Å². The molecule has 21 heavy (non-hydrogen) atoms. The van der Waals surface area contributed by atoms with E-state index in [1.807, 2.05) is 13.8 Å². The van der Waals surface area contributed by atoms with Gasteiger partial charge in [0.25, 0.3) is 0 Å². The normalized spacial score (nSPS) is 11.2. The fourth-order valence-electron chi connectivity index (χ4n) is 1.73. The molecule has 7 heteroatoms. The van der Waals surface area contributed by atoms with Gasteiger partial charge in [-0.3, -0.25) is 4.72 Å². The second-order valence-electron chi connectivity index (χ2n) is 4.34. The van der Waals surface area contributed by atoms with E-state index in [9.17, 15) is 8.42 Å². The average molecular weight is 336 g/mol. The fraction of sp³-hybridized carbons (Fsp3) is 0.571. The third kappa shape index (κ3) is 6.44. The predicted octanol–water partition coefficient (Wildman–Crippen LogP) is 3.24. The molecule has 0 unspecified atom stereocenters. The van der Waals surface area contributed by atoms with E-state index in [2.05, 4.69) is 4.72 Å². The van der Waals surface area contributed by atoms with Gasteiger partial charge in [0.15, 0.2) is 11.5 Å². The van der Waals surface area contributed by atoms with Crippen molar-refractivity contribution in [1.82, 2.24) is 0 Å². The summed E-state index contributed by atoms with van der Waals surface area (Å²) in [5.74, 6) is 1.65. The number of anilines is 1. The maximum atomic E-state index is 11.9. The number of rotatable bonds is 10. The molecule has 0 atom stereocenters. The van der Waals surface area contributed by atoms with Crippen LogP contribution in [0.3, 0.4) is 0 Å². The lowest BCUT2D eigenvalue weighted by atomic mass is 10.3. The van der Waals surface area contributed by atoms with E-state index in [0.717, 1.165) is 0 Å². The molecule has 1 rings (SSSR count). The third-order valence-corrected chi connectivity index (χ3v) is 4.25. The molecular formula is C14H22ClNO4S. The average Bonchev–Trinajstić information content (AvgIpc) is 2.42. The van der Waals surface area contributed by atoms with Crippen molar-refractivity contribution in [3.05, 3.63) is 18.2 Å². The highest BCUT2D eigenvalue weighted by Crippen LogP contribution is 2.31. The predicted molar refractivity (Wildman–Crippen MR) is 86.1 cm³/mol. The lowest BCUT2D eigenvalue weighted by Crippen LogP contribution is -2.16. The van der Waals surface area contributed by atoms with Crippen LogP contribution >= 0.6 is 11.6 Å². The van der Waals surface area contributed by atoms with Crippen LogP contribution in [0.2, 0.25) is 0 Å². The molecule has 1 aromatic carbocycles. The summed E-state index contributed by atoms with van der Waals surface area (Å²) in [4.78, 5) is 0. The molecule has 0 radical (unpaired) electrons. The van der Waals surface area contributed by atoms with Crippen molar-refractivity contribution < 1.29 is 17.9 Å². The molecule has 0 fully saturated rings. The van der Waals surface area contributed by atoms with E-state index < -0.39 is 10.0 Å². The molecule has 0 heterocycles. The van der Waals surface area contributed by atoms with Crippen molar-refractivity contribution in [2.75, 3.05) is 29.6 Å². The van der Waals surface area contributed by atoms with Gasteiger partial charge in [-0.05, 0) is 38.8 Å². The summed E-state index contributed by atoms with van der Waals surface area (Å²) in [6, 6.07) is 4.99. The number of benzene rings is 1. The Bertz CT molecular complexity index is 534. The largest absolute Gasteiger partial charge is 0.490 e. The number of hydrogen-bond donors (Lipinski definition) is 1. The minimum atomic E-state index is -3.37. The van der Waals surface area contributed by atoms with E-state index in [0.29, 0.717) is 49.1 Å². The number of alkyl halides is 1. The minimum Gasteiger partial charge on any atom is -0.490 e. The van der Waals surface area contributed by atoms with Gasteiger partial charge in [0, 0.05) is 11.9 Å². The first-order chi connectivity index (χ1) is 10.0. The van der Waals surface area contributed by atoms with Crippen LogP contribution in [0, 0.1) is 0 Å². The Morgan fingerprint density at radius 2 is 1.76 bits per heavy atom. The molecule has 0 bridgehead atoms. The molecule has 5 nitrogen and oxygen atoms in total. The van der Waals surface area contributed by atoms with Crippen LogP contribution in [0.25, 0.3) is 0 Å². The topological polar surface area (TPSA) is 64.6 Å². The summed E-state index contributed by atoms with van der Waals surface area (Å²) in [5.41, 5.74) is 0.466. The van der Waals surface area contributed by atoms with Gasteiger partial charge in [0.1, 0.15) is 0 Å². The van der Waals surface area contributed by atoms with Crippen molar-refractivity contribution in [3.63, 3.8) is 0 Å². The first kappa shape index (κ1) is 17.9. The standard InChI is InChI=1S/C14H22ClNO4S/c1-3-19-13-8-7-12(11-14(13)20-4-2)16-21(17,18)10-6-5-9-15/h7-8,11,16H,3-6,9-10H2,1-2H3. The van der Waals surface area contributed by atoms with Gasteiger partial charge in [-0.25, -0.2) is 8.42 Å². The number of hydrogen-bond acceptors (Lipinski definition) is 4. The highest BCUT2D eigenvalue weighted by Gasteiger charge is 2.12. The van der Waals surface area contributed by atoms with Crippen molar-refractivity contribution in [2.45, 2.75) is 26.7 Å². The SMILES string of the molecule is CCOc1ccc(NS(=O)(=O)CCCCCl)cc1OCC. The molecule has 0 spiro atoms. The highest BCUT2D eigenvalue weighted by molar-refractivity contribution is 7.92. The molecule has 0 saturated heterocycles. The quantitative estimate of drug-likeness (QED) is 0.526. The summed E-state index contributed by atoms with van der Waals surface area (Å²) in [7, 11) is -3.37. The number of halogens is 1. The first-order valence-corrected chi connectivity index (χ1v) is 9.17. The Balaban J connectivity index is 2.81. The van der Waals surface area contributed by atoms with Crippen molar-refractivity contribution in [2.24, 2.45) is 0 Å². The summed E-state index contributed by atoms with van der Waals surface area (Å²) >= 11 is 5.55. The number of unbranched alkanes of at least 4 members (excludes halogenated alkanes) is 1. The molecule has 0 aliphatic heterocycles. The second-order valence-corrected chi connectivity index (χ2v) is 6.56. The molecule has 0 aliphatic rings. The summed E-state index contributed by atoms with van der Waals surface area (Å²) in [6.07, 6.45) is 1.21. The van der Waals surface area contributed by atoms with Crippen LogP contribution in [0.1, 0.15) is 26.7 Å². The molecule has 1 N–H and O–H groups in total. The van der Waals surface area contributed by atoms with Gasteiger partial charge in [0.05, 0.1) is 24.7 Å². The van der Waals surface area contributed by atoms with Gasteiger partial charge < -0.3 is 9.47 Å². The maximum absolute atomic E-state index is 11.9. The molecule has 0 saturated carbocycles. The fourth-order valence-corrected chi connectivity index (χ4v) is 3.09. The zero-order valence-corrected chi connectivity index (χ0v) is 14.0. The summed E-state index contributed by atoms with van der Waals surface area (Å²) in [5, 5.41) is 0. The number of ether oxygens (including phenoxy) is 2. The lowest BCUT2D eigenvalue weighted by Gasteiger charge is -2.13. The third-order valence-electron chi connectivity index (χ3n) is 2.61. The van der Waals surface area contributed by atoms with Gasteiger partial charge in [0.2, 0.25) is 10.0 Å². The molecule has 120 valence electrons. The van der Waals surface area contributed by atoms with Crippen molar-refractivity contribution in [1.29, 1.82) is 0 Å².